The maximum atomic E-state index is 11.5. The molecule has 0 radical (unpaired) electrons. The second-order valence-electron chi connectivity index (χ2n) is 6.85. The number of rotatable bonds is 6. The molecule has 118 valence electrons. The van der Waals surface area contributed by atoms with Crippen molar-refractivity contribution in [2.24, 2.45) is 11.8 Å². The SMILES string of the molecule is COCCN(CC1CCC(C(=O)OC)CC1)C(C)(C)C. The van der Waals surface area contributed by atoms with Crippen molar-refractivity contribution in [3.63, 3.8) is 0 Å². The van der Waals surface area contributed by atoms with Gasteiger partial charge in [0.1, 0.15) is 0 Å². The number of ether oxygens (including phenoxy) is 2. The summed E-state index contributed by atoms with van der Waals surface area (Å²) in [7, 11) is 3.24. The van der Waals surface area contributed by atoms with Gasteiger partial charge < -0.3 is 9.47 Å². The minimum absolute atomic E-state index is 0.0319. The van der Waals surface area contributed by atoms with Crippen LogP contribution >= 0.6 is 0 Å². The lowest BCUT2D eigenvalue weighted by atomic mass is 9.81. The normalized spacial score (nSPS) is 23.9. The first-order valence-corrected chi connectivity index (χ1v) is 7.70. The summed E-state index contributed by atoms with van der Waals surface area (Å²) < 4.78 is 10.1. The highest BCUT2D eigenvalue weighted by atomic mass is 16.5. The third-order valence-electron chi connectivity index (χ3n) is 4.37. The van der Waals surface area contributed by atoms with Crippen molar-refractivity contribution in [2.45, 2.75) is 52.0 Å². The van der Waals surface area contributed by atoms with Crippen molar-refractivity contribution >= 4 is 5.97 Å². The number of nitrogens with zero attached hydrogens (tertiary/aromatic N) is 1. The fourth-order valence-electron chi connectivity index (χ4n) is 2.96. The van der Waals surface area contributed by atoms with Crippen molar-refractivity contribution in [3.8, 4) is 0 Å². The van der Waals surface area contributed by atoms with Crippen LogP contribution in [0.1, 0.15) is 46.5 Å². The van der Waals surface area contributed by atoms with Crippen LogP contribution in [0.2, 0.25) is 0 Å². The van der Waals surface area contributed by atoms with Gasteiger partial charge >= 0.3 is 5.97 Å². The van der Waals surface area contributed by atoms with Crippen LogP contribution in [0, 0.1) is 11.8 Å². The summed E-state index contributed by atoms with van der Waals surface area (Å²) in [6.45, 7) is 9.60. The highest BCUT2D eigenvalue weighted by Gasteiger charge is 2.30. The third kappa shape index (κ3) is 5.41. The molecule has 4 heteroatoms. The smallest absolute Gasteiger partial charge is 0.308 e. The number of carbonyl (C=O) groups excluding carboxylic acids is 1. The molecule has 1 fully saturated rings. The standard InChI is InChI=1S/C16H31NO3/c1-16(2,3)17(10-11-19-4)12-13-6-8-14(9-7-13)15(18)20-5/h13-14H,6-12H2,1-5H3. The molecule has 1 saturated carbocycles. The van der Waals surface area contributed by atoms with Gasteiger partial charge in [0.2, 0.25) is 0 Å². The second kappa shape index (κ2) is 7.99. The Labute approximate surface area is 123 Å². The lowest BCUT2D eigenvalue weighted by Gasteiger charge is -2.39. The molecule has 0 saturated heterocycles. The quantitative estimate of drug-likeness (QED) is 0.703. The van der Waals surface area contributed by atoms with Gasteiger partial charge in [-0.1, -0.05) is 0 Å². The van der Waals surface area contributed by atoms with E-state index in [1.54, 1.807) is 7.11 Å². The Bertz CT molecular complexity index is 291. The van der Waals surface area contributed by atoms with E-state index in [4.69, 9.17) is 9.47 Å². The summed E-state index contributed by atoms with van der Waals surface area (Å²) in [6, 6.07) is 0. The van der Waals surface area contributed by atoms with Gasteiger partial charge in [-0.3, -0.25) is 9.69 Å². The number of hydrogen-bond acceptors (Lipinski definition) is 4. The van der Waals surface area contributed by atoms with Crippen LogP contribution < -0.4 is 0 Å². The van der Waals surface area contributed by atoms with Gasteiger partial charge in [-0.2, -0.15) is 0 Å². The van der Waals surface area contributed by atoms with E-state index in [1.807, 2.05) is 0 Å². The Kier molecular flexibility index (Phi) is 6.96. The lowest BCUT2D eigenvalue weighted by molar-refractivity contribution is -0.146. The molecule has 4 nitrogen and oxygen atoms in total. The average Bonchev–Trinajstić information content (AvgIpc) is 2.42. The van der Waals surface area contributed by atoms with E-state index in [0.717, 1.165) is 45.4 Å². The highest BCUT2D eigenvalue weighted by molar-refractivity contribution is 5.72. The molecule has 0 bridgehead atoms. The number of carbonyl (C=O) groups is 1. The van der Waals surface area contributed by atoms with E-state index < -0.39 is 0 Å². The molecule has 0 amide bonds. The summed E-state index contributed by atoms with van der Waals surface area (Å²) in [5, 5.41) is 0. The molecule has 0 N–H and O–H groups in total. The van der Waals surface area contributed by atoms with Gasteiger partial charge in [0, 0.05) is 25.7 Å². The first-order chi connectivity index (χ1) is 9.38. The highest BCUT2D eigenvalue weighted by Crippen LogP contribution is 2.31. The van der Waals surface area contributed by atoms with E-state index in [0.29, 0.717) is 5.92 Å². The van der Waals surface area contributed by atoms with Gasteiger partial charge in [0.25, 0.3) is 0 Å². The van der Waals surface area contributed by atoms with Crippen LogP contribution in [-0.4, -0.2) is 50.3 Å². The summed E-state index contributed by atoms with van der Waals surface area (Å²) in [5.74, 6) is 0.779. The summed E-state index contributed by atoms with van der Waals surface area (Å²) >= 11 is 0. The van der Waals surface area contributed by atoms with Gasteiger partial charge in [0.15, 0.2) is 0 Å². The van der Waals surface area contributed by atoms with Crippen molar-refractivity contribution in [1.29, 1.82) is 0 Å². The number of hydrogen-bond donors (Lipinski definition) is 0. The topological polar surface area (TPSA) is 38.8 Å². The predicted octanol–water partition coefficient (Wildman–Crippen LogP) is 2.71. The Morgan fingerprint density at radius 2 is 1.75 bits per heavy atom. The fourth-order valence-corrected chi connectivity index (χ4v) is 2.96. The summed E-state index contributed by atoms with van der Waals surface area (Å²) in [4.78, 5) is 14.0. The van der Waals surface area contributed by atoms with Crippen LogP contribution in [-0.2, 0) is 14.3 Å². The molecule has 0 heterocycles. The molecule has 0 spiro atoms. The Morgan fingerprint density at radius 3 is 2.20 bits per heavy atom. The van der Waals surface area contributed by atoms with Crippen molar-refractivity contribution in [1.82, 2.24) is 4.90 Å². The van der Waals surface area contributed by atoms with Crippen LogP contribution in [0.25, 0.3) is 0 Å². The number of esters is 1. The van der Waals surface area contributed by atoms with Crippen LogP contribution in [0.4, 0.5) is 0 Å². The Balaban J connectivity index is 2.45. The molecule has 0 unspecified atom stereocenters. The van der Waals surface area contributed by atoms with E-state index in [-0.39, 0.29) is 17.4 Å². The maximum absolute atomic E-state index is 11.5. The maximum Gasteiger partial charge on any atom is 0.308 e. The molecular weight excluding hydrogens is 254 g/mol. The third-order valence-corrected chi connectivity index (χ3v) is 4.37. The largest absolute Gasteiger partial charge is 0.469 e. The molecule has 0 aromatic carbocycles. The Hall–Kier alpha value is -0.610. The Morgan fingerprint density at radius 1 is 1.15 bits per heavy atom. The zero-order valence-electron chi connectivity index (χ0n) is 13.8. The summed E-state index contributed by atoms with van der Waals surface area (Å²) in [5.41, 5.74) is 0.164. The average molecular weight is 285 g/mol. The molecule has 1 rings (SSSR count). The summed E-state index contributed by atoms with van der Waals surface area (Å²) in [6.07, 6.45) is 4.19. The van der Waals surface area contributed by atoms with E-state index in [2.05, 4.69) is 25.7 Å². The van der Waals surface area contributed by atoms with Gasteiger partial charge in [-0.25, -0.2) is 0 Å². The fraction of sp³-hybridized carbons (Fsp3) is 0.938. The van der Waals surface area contributed by atoms with Crippen LogP contribution in [0.3, 0.4) is 0 Å². The van der Waals surface area contributed by atoms with E-state index in [1.165, 1.54) is 7.11 Å². The van der Waals surface area contributed by atoms with Crippen LogP contribution in [0.5, 0.6) is 0 Å². The van der Waals surface area contributed by atoms with Gasteiger partial charge in [0.05, 0.1) is 19.6 Å². The van der Waals surface area contributed by atoms with Crippen molar-refractivity contribution in [2.75, 3.05) is 33.9 Å². The number of methoxy groups -OCH3 is 2. The minimum atomic E-state index is -0.0319. The lowest BCUT2D eigenvalue weighted by Crippen LogP contribution is -2.46. The van der Waals surface area contributed by atoms with Crippen molar-refractivity contribution in [3.05, 3.63) is 0 Å². The van der Waals surface area contributed by atoms with Gasteiger partial charge in [-0.05, 0) is 52.4 Å². The zero-order chi connectivity index (χ0) is 15.2. The first-order valence-electron chi connectivity index (χ1n) is 7.70. The van der Waals surface area contributed by atoms with Gasteiger partial charge in [-0.15, -0.1) is 0 Å². The van der Waals surface area contributed by atoms with E-state index >= 15 is 0 Å². The first kappa shape index (κ1) is 17.4. The van der Waals surface area contributed by atoms with Crippen molar-refractivity contribution < 1.29 is 14.3 Å². The molecule has 0 aromatic heterocycles. The molecule has 1 aliphatic rings. The van der Waals surface area contributed by atoms with Crippen LogP contribution in [0.15, 0.2) is 0 Å². The molecule has 1 aliphatic carbocycles. The zero-order valence-corrected chi connectivity index (χ0v) is 13.8. The molecule has 0 aromatic rings. The monoisotopic (exact) mass is 285 g/mol. The minimum Gasteiger partial charge on any atom is -0.469 e. The molecule has 0 atom stereocenters. The molecule has 20 heavy (non-hydrogen) atoms. The molecule has 0 aliphatic heterocycles. The predicted molar refractivity (Wildman–Crippen MR) is 80.7 cm³/mol. The second-order valence-corrected chi connectivity index (χ2v) is 6.85. The molecular formula is C16H31NO3. The van der Waals surface area contributed by atoms with E-state index in [9.17, 15) is 4.79 Å².